The Morgan fingerprint density at radius 1 is 1.21 bits per heavy atom. The lowest BCUT2D eigenvalue weighted by Gasteiger charge is -2.10. The molecule has 0 spiro atoms. The topological polar surface area (TPSA) is 71.8 Å². The number of benzene rings is 1. The van der Waals surface area contributed by atoms with Crippen molar-refractivity contribution in [1.82, 2.24) is 9.97 Å². The van der Waals surface area contributed by atoms with Gasteiger partial charge in [-0.1, -0.05) is 37.6 Å². The van der Waals surface area contributed by atoms with Crippen molar-refractivity contribution in [3.8, 4) is 11.1 Å². The summed E-state index contributed by atoms with van der Waals surface area (Å²) in [4.78, 5) is 18.6. The van der Waals surface area contributed by atoms with Gasteiger partial charge in [0.05, 0.1) is 0 Å². The van der Waals surface area contributed by atoms with E-state index in [0.717, 1.165) is 27.7 Å². The van der Waals surface area contributed by atoms with E-state index >= 15 is 0 Å². The monoisotopic (exact) mass is 319 g/mol. The lowest BCUT2D eigenvalue weighted by atomic mass is 9.95. The maximum absolute atomic E-state index is 11.0. The maximum Gasteiger partial charge on any atom is 0.241 e. The highest BCUT2D eigenvalue weighted by Crippen LogP contribution is 2.28. The highest BCUT2D eigenvalue weighted by molar-refractivity contribution is 5.95. The summed E-state index contributed by atoms with van der Waals surface area (Å²) >= 11 is 0. The molecule has 0 saturated heterocycles. The van der Waals surface area contributed by atoms with Gasteiger partial charge in [0.2, 0.25) is 5.91 Å². The minimum absolute atomic E-state index is 0.464. The summed E-state index contributed by atoms with van der Waals surface area (Å²) < 4.78 is 0. The second kappa shape index (κ2) is 6.32. The minimum atomic E-state index is -0.464. The van der Waals surface area contributed by atoms with Crippen molar-refractivity contribution in [1.29, 1.82) is 0 Å². The Labute approximate surface area is 141 Å². The van der Waals surface area contributed by atoms with Crippen LogP contribution >= 0.6 is 0 Å². The quantitative estimate of drug-likeness (QED) is 0.709. The molecule has 24 heavy (non-hydrogen) atoms. The maximum atomic E-state index is 11.0. The Hall–Kier alpha value is -2.88. The number of nitrogens with zero attached hydrogens (tertiary/aromatic N) is 1. The number of nitrogens with two attached hydrogens (primary N) is 1. The predicted molar refractivity (Wildman–Crippen MR) is 98.6 cm³/mol. The molecule has 122 valence electrons. The van der Waals surface area contributed by atoms with Crippen molar-refractivity contribution < 1.29 is 4.79 Å². The van der Waals surface area contributed by atoms with Crippen molar-refractivity contribution in [2.75, 3.05) is 0 Å². The third-order valence-corrected chi connectivity index (χ3v) is 4.09. The molecule has 0 bridgehead atoms. The van der Waals surface area contributed by atoms with E-state index in [2.05, 4.69) is 55.0 Å². The van der Waals surface area contributed by atoms with Gasteiger partial charge in [0.25, 0.3) is 0 Å². The highest BCUT2D eigenvalue weighted by Gasteiger charge is 2.08. The number of H-pyrrole nitrogens is 1. The lowest BCUT2D eigenvalue weighted by molar-refractivity contribution is -0.113. The van der Waals surface area contributed by atoms with Crippen LogP contribution in [0.15, 0.2) is 42.7 Å². The summed E-state index contributed by atoms with van der Waals surface area (Å²) in [5.74, 6) is 0.00961. The SMILES string of the molecule is Cc1cc(-c2cnc3[nH]cc(/C=C/C(N)=O)c3c2)cc(C(C)C)c1. The number of aromatic nitrogens is 2. The number of pyridine rings is 1. The molecule has 0 aliphatic rings. The van der Waals surface area contributed by atoms with Crippen molar-refractivity contribution in [2.45, 2.75) is 26.7 Å². The fourth-order valence-electron chi connectivity index (χ4n) is 2.80. The first-order chi connectivity index (χ1) is 11.4. The van der Waals surface area contributed by atoms with Gasteiger partial charge in [0, 0.05) is 35.0 Å². The molecule has 0 aliphatic carbocycles. The number of aryl methyl sites for hydroxylation is 1. The van der Waals surface area contributed by atoms with Crippen molar-refractivity contribution in [3.63, 3.8) is 0 Å². The first-order valence-corrected chi connectivity index (χ1v) is 8.00. The molecule has 1 aromatic carbocycles. The average molecular weight is 319 g/mol. The van der Waals surface area contributed by atoms with Crippen LogP contribution in [-0.4, -0.2) is 15.9 Å². The largest absolute Gasteiger partial charge is 0.366 e. The molecule has 3 rings (SSSR count). The van der Waals surface area contributed by atoms with Crippen molar-refractivity contribution >= 4 is 23.0 Å². The summed E-state index contributed by atoms with van der Waals surface area (Å²) in [6.45, 7) is 6.50. The van der Waals surface area contributed by atoms with Crippen LogP contribution in [-0.2, 0) is 4.79 Å². The number of primary amides is 1. The van der Waals surface area contributed by atoms with Gasteiger partial charge in [-0.3, -0.25) is 4.79 Å². The Morgan fingerprint density at radius 3 is 2.71 bits per heavy atom. The second-order valence-electron chi connectivity index (χ2n) is 6.39. The summed E-state index contributed by atoms with van der Waals surface area (Å²) in [5.41, 5.74) is 11.6. The van der Waals surface area contributed by atoms with Gasteiger partial charge >= 0.3 is 0 Å². The van der Waals surface area contributed by atoms with Crippen LogP contribution in [0.1, 0.15) is 36.5 Å². The number of carbonyl (C=O) groups is 1. The van der Waals surface area contributed by atoms with Gasteiger partial charge in [-0.05, 0) is 36.1 Å². The molecule has 0 radical (unpaired) electrons. The number of rotatable bonds is 4. The molecule has 2 heterocycles. The summed E-state index contributed by atoms with van der Waals surface area (Å²) in [6.07, 6.45) is 6.78. The normalized spacial score (nSPS) is 11.7. The van der Waals surface area contributed by atoms with E-state index in [0.29, 0.717) is 5.92 Å². The molecule has 0 aliphatic heterocycles. The number of hydrogen-bond acceptors (Lipinski definition) is 2. The predicted octanol–water partition coefficient (Wildman–Crippen LogP) is 4.16. The number of nitrogens with one attached hydrogen (secondary N) is 1. The second-order valence-corrected chi connectivity index (χ2v) is 6.39. The number of hydrogen-bond donors (Lipinski definition) is 2. The van der Waals surface area contributed by atoms with E-state index in [1.165, 1.54) is 17.2 Å². The molecule has 2 aromatic heterocycles. The highest BCUT2D eigenvalue weighted by atomic mass is 16.1. The van der Waals surface area contributed by atoms with Crippen LogP contribution in [0.5, 0.6) is 0 Å². The van der Waals surface area contributed by atoms with Gasteiger partial charge in [0.1, 0.15) is 5.65 Å². The molecule has 3 N–H and O–H groups in total. The van der Waals surface area contributed by atoms with Gasteiger partial charge < -0.3 is 10.7 Å². The zero-order chi connectivity index (χ0) is 17.3. The Bertz CT molecular complexity index is 935. The van der Waals surface area contributed by atoms with Crippen LogP contribution < -0.4 is 5.73 Å². The molecule has 0 saturated carbocycles. The molecule has 0 atom stereocenters. The molecule has 4 nitrogen and oxygen atoms in total. The Balaban J connectivity index is 2.11. The Kier molecular flexibility index (Phi) is 4.21. The van der Waals surface area contributed by atoms with Crippen LogP contribution in [0.25, 0.3) is 28.2 Å². The number of amides is 1. The number of fused-ring (bicyclic) bond motifs is 1. The zero-order valence-corrected chi connectivity index (χ0v) is 14.1. The number of aromatic amines is 1. The lowest BCUT2D eigenvalue weighted by Crippen LogP contribution is -2.04. The zero-order valence-electron chi connectivity index (χ0n) is 14.1. The van der Waals surface area contributed by atoms with Crippen LogP contribution in [0.4, 0.5) is 0 Å². The third kappa shape index (κ3) is 3.23. The smallest absolute Gasteiger partial charge is 0.241 e. The fraction of sp³-hybridized carbons (Fsp3) is 0.200. The molecular weight excluding hydrogens is 298 g/mol. The van der Waals surface area contributed by atoms with E-state index in [9.17, 15) is 4.79 Å². The van der Waals surface area contributed by atoms with Gasteiger partial charge in [-0.25, -0.2) is 4.98 Å². The molecule has 4 heteroatoms. The first-order valence-electron chi connectivity index (χ1n) is 8.00. The van der Waals surface area contributed by atoms with Crippen molar-refractivity contribution in [2.24, 2.45) is 5.73 Å². The molecular formula is C20H21N3O. The molecule has 0 fully saturated rings. The summed E-state index contributed by atoms with van der Waals surface area (Å²) in [6, 6.07) is 8.70. The van der Waals surface area contributed by atoms with E-state index in [1.54, 1.807) is 6.08 Å². The summed E-state index contributed by atoms with van der Waals surface area (Å²) in [5, 5.41) is 0.970. The molecule has 3 aromatic rings. The van der Waals surface area contributed by atoms with E-state index in [1.807, 2.05) is 12.4 Å². The van der Waals surface area contributed by atoms with Crippen LogP contribution in [0, 0.1) is 6.92 Å². The Morgan fingerprint density at radius 2 is 2.00 bits per heavy atom. The third-order valence-electron chi connectivity index (χ3n) is 4.09. The van der Waals surface area contributed by atoms with E-state index < -0.39 is 5.91 Å². The van der Waals surface area contributed by atoms with Crippen molar-refractivity contribution in [3.05, 3.63) is 59.4 Å². The molecule has 1 amide bonds. The standard InChI is InChI=1S/C20H21N3O/c1-12(2)15-6-13(3)7-16(8-15)17-9-18-14(4-5-19(21)24)10-22-20(18)23-11-17/h4-12H,1-3H3,(H2,21,24)(H,22,23)/b5-4+. The number of carbonyl (C=O) groups excluding carboxylic acids is 1. The molecule has 0 unspecified atom stereocenters. The van der Waals surface area contributed by atoms with E-state index in [4.69, 9.17) is 5.73 Å². The van der Waals surface area contributed by atoms with Gasteiger partial charge in [0.15, 0.2) is 0 Å². The van der Waals surface area contributed by atoms with Gasteiger partial charge in [-0.2, -0.15) is 0 Å². The van der Waals surface area contributed by atoms with E-state index in [-0.39, 0.29) is 0 Å². The first kappa shape index (κ1) is 16.0. The average Bonchev–Trinajstić information content (AvgIpc) is 2.94. The van der Waals surface area contributed by atoms with Crippen LogP contribution in [0.2, 0.25) is 0 Å². The fourth-order valence-corrected chi connectivity index (χ4v) is 2.80. The van der Waals surface area contributed by atoms with Gasteiger partial charge in [-0.15, -0.1) is 0 Å². The minimum Gasteiger partial charge on any atom is -0.366 e. The van der Waals surface area contributed by atoms with Crippen LogP contribution in [0.3, 0.4) is 0 Å². The summed E-state index contributed by atoms with van der Waals surface area (Å²) in [7, 11) is 0.